The number of hydrogen-bond acceptors (Lipinski definition) is 3. The normalized spacial score (nSPS) is 45.2. The highest BCUT2D eigenvalue weighted by molar-refractivity contribution is 5.79. The Kier molecular flexibility index (Phi) is 1.85. The smallest absolute Gasteiger partial charge is 0.223 e. The van der Waals surface area contributed by atoms with Gasteiger partial charge in [-0.15, -0.1) is 0 Å². The van der Waals surface area contributed by atoms with E-state index in [1.54, 1.807) is 4.90 Å². The van der Waals surface area contributed by atoms with Crippen LogP contribution in [-0.2, 0) is 4.79 Å². The fourth-order valence-corrected chi connectivity index (χ4v) is 2.38. The van der Waals surface area contributed by atoms with E-state index in [0.29, 0.717) is 12.8 Å². The molecule has 74 valence electrons. The van der Waals surface area contributed by atoms with E-state index in [2.05, 4.69) is 0 Å². The van der Waals surface area contributed by atoms with Gasteiger partial charge in [0.2, 0.25) is 5.91 Å². The van der Waals surface area contributed by atoms with Crippen LogP contribution in [0.4, 0.5) is 0 Å². The average Bonchev–Trinajstić information content (AvgIpc) is 2.32. The van der Waals surface area contributed by atoms with E-state index in [9.17, 15) is 15.0 Å². The predicted molar refractivity (Wildman–Crippen MR) is 46.0 cm³/mol. The van der Waals surface area contributed by atoms with Gasteiger partial charge in [0.25, 0.3) is 0 Å². The average molecular weight is 185 g/mol. The number of carbonyl (C=O) groups is 1. The standard InChI is InChI=1S/C9H15NO3/c1-9-3-2-8(13)10(9)5-7(12)6(11)4-9/h6-7,11-12H,2-5H2,1H3. The lowest BCUT2D eigenvalue weighted by Gasteiger charge is -2.43. The van der Waals surface area contributed by atoms with Gasteiger partial charge in [-0.2, -0.15) is 0 Å². The molecule has 2 aliphatic rings. The van der Waals surface area contributed by atoms with Crippen LogP contribution in [-0.4, -0.2) is 45.3 Å². The minimum absolute atomic E-state index is 0.105. The van der Waals surface area contributed by atoms with Crippen molar-refractivity contribution in [3.8, 4) is 0 Å². The molecule has 2 heterocycles. The zero-order chi connectivity index (χ0) is 9.64. The fourth-order valence-electron chi connectivity index (χ4n) is 2.38. The molecule has 2 fully saturated rings. The molecule has 0 saturated carbocycles. The van der Waals surface area contributed by atoms with Gasteiger partial charge in [-0.3, -0.25) is 4.79 Å². The second-order valence-corrected chi connectivity index (χ2v) is 4.34. The molecular formula is C9H15NO3. The third-order valence-electron chi connectivity index (χ3n) is 3.29. The van der Waals surface area contributed by atoms with Gasteiger partial charge in [0, 0.05) is 18.5 Å². The van der Waals surface area contributed by atoms with Gasteiger partial charge in [-0.05, 0) is 19.8 Å². The van der Waals surface area contributed by atoms with Crippen molar-refractivity contribution in [2.24, 2.45) is 0 Å². The third kappa shape index (κ3) is 1.25. The number of fused-ring (bicyclic) bond motifs is 1. The second-order valence-electron chi connectivity index (χ2n) is 4.34. The number of β-amino-alcohol motifs (C(OH)–C–C–N with tert-alkyl or cyclic N) is 1. The van der Waals surface area contributed by atoms with Crippen LogP contribution in [0.5, 0.6) is 0 Å². The van der Waals surface area contributed by atoms with E-state index in [1.165, 1.54) is 0 Å². The lowest BCUT2D eigenvalue weighted by Crippen LogP contribution is -2.57. The molecule has 3 unspecified atom stereocenters. The maximum absolute atomic E-state index is 11.4. The quantitative estimate of drug-likeness (QED) is 0.534. The van der Waals surface area contributed by atoms with E-state index in [4.69, 9.17) is 0 Å². The van der Waals surface area contributed by atoms with E-state index in [-0.39, 0.29) is 18.0 Å². The molecule has 0 radical (unpaired) electrons. The van der Waals surface area contributed by atoms with Gasteiger partial charge >= 0.3 is 0 Å². The first-order valence-electron chi connectivity index (χ1n) is 4.69. The largest absolute Gasteiger partial charge is 0.390 e. The summed E-state index contributed by atoms with van der Waals surface area (Å²) in [6.07, 6.45) is 0.410. The summed E-state index contributed by atoms with van der Waals surface area (Å²) in [4.78, 5) is 13.1. The topological polar surface area (TPSA) is 60.8 Å². The van der Waals surface area contributed by atoms with Gasteiger partial charge in [-0.1, -0.05) is 0 Å². The highest BCUT2D eigenvalue weighted by Gasteiger charge is 2.48. The molecule has 4 heteroatoms. The Morgan fingerprint density at radius 2 is 2.15 bits per heavy atom. The number of aliphatic hydroxyl groups excluding tert-OH is 2. The molecule has 4 nitrogen and oxygen atoms in total. The lowest BCUT2D eigenvalue weighted by atomic mass is 9.86. The lowest BCUT2D eigenvalue weighted by molar-refractivity contribution is -0.141. The number of rotatable bonds is 0. The van der Waals surface area contributed by atoms with Crippen LogP contribution in [0.15, 0.2) is 0 Å². The summed E-state index contributed by atoms with van der Waals surface area (Å²) in [6.45, 7) is 2.27. The zero-order valence-electron chi connectivity index (χ0n) is 7.73. The minimum Gasteiger partial charge on any atom is -0.390 e. The molecule has 13 heavy (non-hydrogen) atoms. The van der Waals surface area contributed by atoms with E-state index in [1.807, 2.05) is 6.92 Å². The Hall–Kier alpha value is -0.610. The zero-order valence-corrected chi connectivity index (χ0v) is 7.73. The summed E-state index contributed by atoms with van der Waals surface area (Å²) < 4.78 is 0. The molecule has 2 saturated heterocycles. The van der Waals surface area contributed by atoms with Gasteiger partial charge in [0.05, 0.1) is 12.2 Å². The number of hydrogen-bond donors (Lipinski definition) is 2. The first-order valence-corrected chi connectivity index (χ1v) is 4.69. The van der Waals surface area contributed by atoms with Crippen molar-refractivity contribution in [1.29, 1.82) is 0 Å². The maximum Gasteiger partial charge on any atom is 0.223 e. The van der Waals surface area contributed by atoms with Crippen LogP contribution >= 0.6 is 0 Å². The summed E-state index contributed by atoms with van der Waals surface area (Å²) in [5, 5.41) is 18.9. The Labute approximate surface area is 77.2 Å². The molecule has 2 N–H and O–H groups in total. The van der Waals surface area contributed by atoms with Crippen molar-refractivity contribution in [3.05, 3.63) is 0 Å². The van der Waals surface area contributed by atoms with Gasteiger partial charge in [0.15, 0.2) is 0 Å². The van der Waals surface area contributed by atoms with Crippen LogP contribution in [0.25, 0.3) is 0 Å². The summed E-state index contributed by atoms with van der Waals surface area (Å²) in [5.74, 6) is 0.105. The number of nitrogens with zero attached hydrogens (tertiary/aromatic N) is 1. The molecule has 0 aliphatic carbocycles. The molecule has 0 spiro atoms. The van der Waals surface area contributed by atoms with Gasteiger partial charge in [-0.25, -0.2) is 0 Å². The Morgan fingerprint density at radius 1 is 1.46 bits per heavy atom. The summed E-state index contributed by atoms with van der Waals surface area (Å²) >= 11 is 0. The fraction of sp³-hybridized carbons (Fsp3) is 0.889. The molecular weight excluding hydrogens is 170 g/mol. The maximum atomic E-state index is 11.4. The van der Waals surface area contributed by atoms with Crippen molar-refractivity contribution in [2.75, 3.05) is 6.54 Å². The minimum atomic E-state index is -0.768. The highest BCUT2D eigenvalue weighted by atomic mass is 16.3. The molecule has 0 aromatic heterocycles. The van der Waals surface area contributed by atoms with E-state index in [0.717, 1.165) is 6.42 Å². The molecule has 2 rings (SSSR count). The molecule has 0 aromatic rings. The van der Waals surface area contributed by atoms with Crippen molar-refractivity contribution in [3.63, 3.8) is 0 Å². The van der Waals surface area contributed by atoms with Crippen LogP contribution in [0.3, 0.4) is 0 Å². The van der Waals surface area contributed by atoms with E-state index >= 15 is 0 Å². The Balaban J connectivity index is 2.21. The molecule has 1 amide bonds. The molecule has 3 atom stereocenters. The monoisotopic (exact) mass is 185 g/mol. The summed E-state index contributed by atoms with van der Waals surface area (Å²) in [5.41, 5.74) is -0.213. The predicted octanol–water partition coefficient (Wildman–Crippen LogP) is -0.507. The highest BCUT2D eigenvalue weighted by Crippen LogP contribution is 2.37. The Morgan fingerprint density at radius 3 is 2.85 bits per heavy atom. The first-order chi connectivity index (χ1) is 6.03. The second kappa shape index (κ2) is 2.69. The summed E-state index contributed by atoms with van der Waals surface area (Å²) in [7, 11) is 0. The van der Waals surface area contributed by atoms with Crippen LogP contribution in [0, 0.1) is 0 Å². The molecule has 0 aromatic carbocycles. The Bertz CT molecular complexity index is 243. The van der Waals surface area contributed by atoms with Gasteiger partial charge in [0.1, 0.15) is 0 Å². The first kappa shape index (κ1) is 8.97. The van der Waals surface area contributed by atoms with Crippen LogP contribution in [0.2, 0.25) is 0 Å². The SMILES string of the molecule is CC12CCC(=O)N1CC(O)C(O)C2. The van der Waals surface area contributed by atoms with E-state index < -0.39 is 12.2 Å². The van der Waals surface area contributed by atoms with Crippen molar-refractivity contribution < 1.29 is 15.0 Å². The summed E-state index contributed by atoms with van der Waals surface area (Å²) in [6, 6.07) is 0. The number of piperidine rings is 1. The molecule has 0 bridgehead atoms. The van der Waals surface area contributed by atoms with Crippen LogP contribution < -0.4 is 0 Å². The van der Waals surface area contributed by atoms with Gasteiger partial charge < -0.3 is 15.1 Å². The third-order valence-corrected chi connectivity index (χ3v) is 3.29. The number of amides is 1. The van der Waals surface area contributed by atoms with Crippen LogP contribution in [0.1, 0.15) is 26.2 Å². The van der Waals surface area contributed by atoms with Crippen molar-refractivity contribution >= 4 is 5.91 Å². The molecule has 2 aliphatic heterocycles. The number of carbonyl (C=O) groups excluding carboxylic acids is 1. The van der Waals surface area contributed by atoms with Crippen molar-refractivity contribution in [1.82, 2.24) is 4.90 Å². The number of aliphatic hydroxyl groups is 2. The van der Waals surface area contributed by atoms with Crippen molar-refractivity contribution in [2.45, 2.75) is 43.9 Å².